The maximum absolute atomic E-state index is 12.5. The van der Waals surface area contributed by atoms with Gasteiger partial charge in [0.25, 0.3) is 5.91 Å². The number of oxime groups is 1. The van der Waals surface area contributed by atoms with Gasteiger partial charge in [-0.1, -0.05) is 5.16 Å². The lowest BCUT2D eigenvalue weighted by molar-refractivity contribution is 0.0675. The number of nitrogens with two attached hydrogens (primary N) is 1. The molecule has 1 amide bonds. The van der Waals surface area contributed by atoms with Gasteiger partial charge in [-0.3, -0.25) is 4.79 Å². The van der Waals surface area contributed by atoms with E-state index in [1.807, 2.05) is 0 Å². The molecule has 1 saturated heterocycles. The number of nitrogens with zero attached hydrogens (tertiary/aromatic N) is 2. The van der Waals surface area contributed by atoms with E-state index in [2.05, 4.69) is 5.16 Å². The molecule has 104 valence electrons. The van der Waals surface area contributed by atoms with E-state index in [0.29, 0.717) is 23.6 Å². The highest BCUT2D eigenvalue weighted by molar-refractivity contribution is 5.99. The molecule has 1 aromatic heterocycles. The highest BCUT2D eigenvalue weighted by atomic mass is 16.4. The predicted octanol–water partition coefficient (Wildman–Crippen LogP) is 1.64. The predicted molar refractivity (Wildman–Crippen MR) is 70.3 cm³/mol. The molecule has 1 aliphatic heterocycles. The van der Waals surface area contributed by atoms with Crippen molar-refractivity contribution in [3.8, 4) is 0 Å². The molecule has 6 heteroatoms. The van der Waals surface area contributed by atoms with Gasteiger partial charge in [0.15, 0.2) is 5.84 Å². The Balaban J connectivity index is 2.27. The summed E-state index contributed by atoms with van der Waals surface area (Å²) in [5.41, 5.74) is 6.23. The minimum atomic E-state index is -0.333. The van der Waals surface area contributed by atoms with E-state index in [1.165, 1.54) is 0 Å². The second-order valence-electron chi connectivity index (χ2n) is 4.86. The van der Waals surface area contributed by atoms with Crippen LogP contribution in [0.2, 0.25) is 0 Å². The van der Waals surface area contributed by atoms with Crippen molar-refractivity contribution < 1.29 is 14.4 Å². The van der Waals surface area contributed by atoms with Crippen LogP contribution in [-0.4, -0.2) is 34.4 Å². The number of likely N-dealkylation sites (tertiary alicyclic amines) is 1. The molecule has 0 saturated carbocycles. The molecule has 6 nitrogen and oxygen atoms in total. The van der Waals surface area contributed by atoms with Crippen LogP contribution in [0.25, 0.3) is 0 Å². The second kappa shape index (κ2) is 5.34. The molecule has 2 rings (SSSR count). The van der Waals surface area contributed by atoms with E-state index in [4.69, 9.17) is 15.4 Å². The molecule has 1 aliphatic rings. The summed E-state index contributed by atoms with van der Waals surface area (Å²) in [7, 11) is 0. The van der Waals surface area contributed by atoms with E-state index >= 15 is 0 Å². The number of hydrogen-bond donors (Lipinski definition) is 2. The molecule has 0 aliphatic carbocycles. The quantitative estimate of drug-likeness (QED) is 0.368. The Labute approximate surface area is 111 Å². The monoisotopic (exact) mass is 265 g/mol. The Morgan fingerprint density at radius 3 is 2.84 bits per heavy atom. The maximum Gasteiger partial charge on any atom is 0.258 e. The lowest BCUT2D eigenvalue weighted by Gasteiger charge is -2.34. The molecule has 0 bridgehead atoms. The van der Waals surface area contributed by atoms with Crippen molar-refractivity contribution in [3.05, 3.63) is 23.2 Å². The lowest BCUT2D eigenvalue weighted by Crippen LogP contribution is -2.50. The van der Waals surface area contributed by atoms with Gasteiger partial charge in [-0.25, -0.2) is 0 Å². The van der Waals surface area contributed by atoms with Crippen LogP contribution in [0.5, 0.6) is 0 Å². The minimum Gasteiger partial charge on any atom is -0.466 e. The van der Waals surface area contributed by atoms with E-state index in [1.54, 1.807) is 24.8 Å². The summed E-state index contributed by atoms with van der Waals surface area (Å²) in [6, 6.07) is 1.40. The summed E-state index contributed by atoms with van der Waals surface area (Å²) < 4.78 is 5.39. The normalized spacial score (nSPS) is 20.6. The van der Waals surface area contributed by atoms with Gasteiger partial charge in [0.05, 0.1) is 11.6 Å². The van der Waals surface area contributed by atoms with Crippen LogP contribution in [-0.2, 0) is 0 Å². The van der Waals surface area contributed by atoms with Crippen molar-refractivity contribution in [2.24, 2.45) is 10.9 Å². The van der Waals surface area contributed by atoms with Gasteiger partial charge in [-0.05, 0) is 39.2 Å². The molecule has 2 heterocycles. The second-order valence-corrected chi connectivity index (χ2v) is 4.86. The van der Waals surface area contributed by atoms with E-state index in [-0.39, 0.29) is 17.8 Å². The average Bonchev–Trinajstić information content (AvgIpc) is 2.76. The van der Waals surface area contributed by atoms with Crippen molar-refractivity contribution in [2.45, 2.75) is 39.2 Å². The topological polar surface area (TPSA) is 92.1 Å². The van der Waals surface area contributed by atoms with Crippen molar-refractivity contribution in [2.75, 3.05) is 6.54 Å². The first-order chi connectivity index (χ1) is 9.04. The Morgan fingerprint density at radius 2 is 2.26 bits per heavy atom. The van der Waals surface area contributed by atoms with Crippen LogP contribution >= 0.6 is 0 Å². The SMILES string of the molecule is Cc1cc(C(=O)N2CCCCC2C(N)=NO)c(C)o1. The highest BCUT2D eigenvalue weighted by Crippen LogP contribution is 2.22. The van der Waals surface area contributed by atoms with E-state index < -0.39 is 0 Å². The van der Waals surface area contributed by atoms with Gasteiger partial charge < -0.3 is 20.3 Å². The maximum atomic E-state index is 12.5. The zero-order valence-corrected chi connectivity index (χ0v) is 11.2. The van der Waals surface area contributed by atoms with Gasteiger partial charge in [0, 0.05) is 6.54 Å². The summed E-state index contributed by atoms with van der Waals surface area (Å²) in [5, 5.41) is 11.9. The number of hydrogen-bond acceptors (Lipinski definition) is 4. The zero-order valence-electron chi connectivity index (χ0n) is 11.2. The zero-order chi connectivity index (χ0) is 14.0. The third kappa shape index (κ3) is 2.57. The number of aryl methyl sites for hydroxylation is 2. The summed E-state index contributed by atoms with van der Waals surface area (Å²) in [6.45, 7) is 4.19. The fourth-order valence-electron chi connectivity index (χ4n) is 2.55. The van der Waals surface area contributed by atoms with Crippen LogP contribution in [0.3, 0.4) is 0 Å². The number of amides is 1. The first kappa shape index (κ1) is 13.5. The molecule has 19 heavy (non-hydrogen) atoms. The molecule has 0 aromatic carbocycles. The average molecular weight is 265 g/mol. The number of amidine groups is 1. The fourth-order valence-corrected chi connectivity index (χ4v) is 2.55. The number of piperidine rings is 1. The molecular weight excluding hydrogens is 246 g/mol. The standard InChI is InChI=1S/C13H19N3O3/c1-8-7-10(9(2)19-8)13(17)16-6-4-3-5-11(16)12(14)15-18/h7,11,18H,3-6H2,1-2H3,(H2,14,15). The first-order valence-electron chi connectivity index (χ1n) is 6.40. The van der Waals surface area contributed by atoms with Crippen LogP contribution < -0.4 is 5.73 Å². The smallest absolute Gasteiger partial charge is 0.258 e. The Hall–Kier alpha value is -1.98. The lowest BCUT2D eigenvalue weighted by atomic mass is 10.00. The van der Waals surface area contributed by atoms with E-state index in [0.717, 1.165) is 19.3 Å². The molecule has 1 aromatic rings. The van der Waals surface area contributed by atoms with Crippen molar-refractivity contribution in [1.82, 2.24) is 4.90 Å². The number of carbonyl (C=O) groups is 1. The fraction of sp³-hybridized carbons (Fsp3) is 0.538. The highest BCUT2D eigenvalue weighted by Gasteiger charge is 2.31. The van der Waals surface area contributed by atoms with E-state index in [9.17, 15) is 4.79 Å². The molecular formula is C13H19N3O3. The molecule has 0 spiro atoms. The van der Waals surface area contributed by atoms with Gasteiger partial charge in [-0.15, -0.1) is 0 Å². The Bertz CT molecular complexity index is 507. The first-order valence-corrected chi connectivity index (χ1v) is 6.40. The van der Waals surface area contributed by atoms with Crippen LogP contribution in [0, 0.1) is 13.8 Å². The van der Waals surface area contributed by atoms with Crippen molar-refractivity contribution in [1.29, 1.82) is 0 Å². The van der Waals surface area contributed by atoms with Gasteiger partial charge in [0.1, 0.15) is 11.5 Å². The Morgan fingerprint density at radius 1 is 1.53 bits per heavy atom. The summed E-state index contributed by atoms with van der Waals surface area (Å²) in [4.78, 5) is 14.2. The minimum absolute atomic E-state index is 0.0888. The molecule has 1 fully saturated rings. The molecule has 0 radical (unpaired) electrons. The van der Waals surface area contributed by atoms with Crippen LogP contribution in [0.1, 0.15) is 41.1 Å². The molecule has 3 N–H and O–H groups in total. The van der Waals surface area contributed by atoms with Gasteiger partial charge in [0.2, 0.25) is 0 Å². The summed E-state index contributed by atoms with van der Waals surface area (Å²) >= 11 is 0. The van der Waals surface area contributed by atoms with Crippen molar-refractivity contribution >= 4 is 11.7 Å². The number of carbonyl (C=O) groups excluding carboxylic acids is 1. The third-order valence-corrected chi connectivity index (χ3v) is 3.49. The Kier molecular flexibility index (Phi) is 3.78. The van der Waals surface area contributed by atoms with Gasteiger partial charge >= 0.3 is 0 Å². The van der Waals surface area contributed by atoms with Crippen LogP contribution in [0.4, 0.5) is 0 Å². The van der Waals surface area contributed by atoms with Gasteiger partial charge in [-0.2, -0.15) is 0 Å². The van der Waals surface area contributed by atoms with Crippen molar-refractivity contribution in [3.63, 3.8) is 0 Å². The number of rotatable bonds is 2. The largest absolute Gasteiger partial charge is 0.466 e. The third-order valence-electron chi connectivity index (χ3n) is 3.49. The molecule has 1 atom stereocenters. The number of furan rings is 1. The molecule has 1 unspecified atom stereocenters. The van der Waals surface area contributed by atoms with Crippen LogP contribution in [0.15, 0.2) is 15.6 Å². The summed E-state index contributed by atoms with van der Waals surface area (Å²) in [6.07, 6.45) is 2.61. The summed E-state index contributed by atoms with van der Waals surface area (Å²) in [5.74, 6) is 1.28.